The number of hydrogen-bond acceptors (Lipinski definition) is 7. The summed E-state index contributed by atoms with van der Waals surface area (Å²) in [5, 5.41) is 0. The van der Waals surface area contributed by atoms with E-state index in [1.807, 2.05) is 4.90 Å². The van der Waals surface area contributed by atoms with Crippen molar-refractivity contribution < 1.29 is 18.0 Å². The van der Waals surface area contributed by atoms with Crippen molar-refractivity contribution in [3.8, 4) is 0 Å². The zero-order valence-electron chi connectivity index (χ0n) is 19.1. The minimum Gasteiger partial charge on any atom is -0.337 e. The van der Waals surface area contributed by atoms with Gasteiger partial charge in [-0.2, -0.15) is 4.31 Å². The molecule has 5 rings (SSSR count). The highest BCUT2D eigenvalue weighted by molar-refractivity contribution is 7.89. The van der Waals surface area contributed by atoms with Gasteiger partial charge in [-0.25, -0.2) is 18.4 Å². The summed E-state index contributed by atoms with van der Waals surface area (Å²) in [5.74, 6) is 0.285. The first-order chi connectivity index (χ1) is 16.4. The van der Waals surface area contributed by atoms with Crippen LogP contribution in [0.2, 0.25) is 0 Å². The largest absolute Gasteiger partial charge is 0.337 e. The van der Waals surface area contributed by atoms with Crippen molar-refractivity contribution in [1.29, 1.82) is 0 Å². The molecule has 2 aromatic rings. The van der Waals surface area contributed by atoms with Crippen molar-refractivity contribution >= 4 is 33.5 Å². The molecule has 10 nitrogen and oxygen atoms in total. The van der Waals surface area contributed by atoms with Crippen LogP contribution in [-0.2, 0) is 26.0 Å². The number of benzene rings is 1. The molecule has 1 aromatic carbocycles. The number of fused-ring (bicyclic) bond motifs is 1. The first-order valence-electron chi connectivity index (χ1n) is 11.6. The summed E-state index contributed by atoms with van der Waals surface area (Å²) < 4.78 is 27.5. The second-order valence-corrected chi connectivity index (χ2v) is 10.8. The lowest BCUT2D eigenvalue weighted by atomic mass is 10.1. The number of amides is 2. The van der Waals surface area contributed by atoms with E-state index in [1.165, 1.54) is 16.1 Å². The molecule has 0 spiro atoms. The van der Waals surface area contributed by atoms with Crippen LogP contribution in [0.15, 0.2) is 41.6 Å². The van der Waals surface area contributed by atoms with Crippen molar-refractivity contribution in [3.05, 3.63) is 42.2 Å². The predicted molar refractivity (Wildman–Crippen MR) is 126 cm³/mol. The van der Waals surface area contributed by atoms with Crippen LogP contribution in [0, 0.1) is 0 Å². The minimum absolute atomic E-state index is 0.121. The van der Waals surface area contributed by atoms with Crippen LogP contribution in [-0.4, -0.2) is 84.7 Å². The van der Waals surface area contributed by atoms with Crippen LogP contribution in [0.4, 0.5) is 11.6 Å². The molecular weight excluding hydrogens is 456 g/mol. The fourth-order valence-corrected chi connectivity index (χ4v) is 6.61. The first kappa shape index (κ1) is 22.7. The molecule has 1 unspecified atom stereocenters. The molecule has 3 aliphatic rings. The summed E-state index contributed by atoms with van der Waals surface area (Å²) in [7, 11) is -3.57. The lowest BCUT2D eigenvalue weighted by Crippen LogP contribution is -2.55. The SMILES string of the molecule is CC(=O)N1c2ccc(S(=O)(=O)N3CCCC3)cc2CC1C(=O)N1CCN(c2ncccn2)CC1. The molecule has 0 aliphatic carbocycles. The third-order valence-corrected chi connectivity index (χ3v) is 8.68. The van der Waals surface area contributed by atoms with Gasteiger partial charge in [0.05, 0.1) is 4.90 Å². The number of nitrogens with zero attached hydrogens (tertiary/aromatic N) is 6. The van der Waals surface area contributed by atoms with Gasteiger partial charge in [0, 0.05) is 70.7 Å². The molecule has 2 amide bonds. The molecule has 0 saturated carbocycles. The van der Waals surface area contributed by atoms with Crippen molar-refractivity contribution in [3.63, 3.8) is 0 Å². The number of carbonyl (C=O) groups is 2. The summed E-state index contributed by atoms with van der Waals surface area (Å²) in [5.41, 5.74) is 1.33. The molecule has 2 fully saturated rings. The van der Waals surface area contributed by atoms with E-state index in [0.29, 0.717) is 62.9 Å². The van der Waals surface area contributed by atoms with E-state index < -0.39 is 16.1 Å². The van der Waals surface area contributed by atoms with E-state index in [-0.39, 0.29) is 16.7 Å². The number of piperazine rings is 1. The number of sulfonamides is 1. The van der Waals surface area contributed by atoms with Crippen LogP contribution in [0.3, 0.4) is 0 Å². The molecule has 0 bridgehead atoms. The van der Waals surface area contributed by atoms with E-state index in [9.17, 15) is 18.0 Å². The summed E-state index contributed by atoms with van der Waals surface area (Å²) in [6.07, 6.45) is 5.42. The highest BCUT2D eigenvalue weighted by Crippen LogP contribution is 2.36. The molecule has 4 heterocycles. The average Bonchev–Trinajstić information content (AvgIpc) is 3.52. The van der Waals surface area contributed by atoms with Gasteiger partial charge in [0.15, 0.2) is 0 Å². The van der Waals surface area contributed by atoms with E-state index in [2.05, 4.69) is 9.97 Å². The van der Waals surface area contributed by atoms with Crippen LogP contribution >= 0.6 is 0 Å². The smallest absolute Gasteiger partial charge is 0.246 e. The summed E-state index contributed by atoms with van der Waals surface area (Å²) in [4.78, 5) is 40.1. The highest BCUT2D eigenvalue weighted by atomic mass is 32.2. The van der Waals surface area contributed by atoms with Gasteiger partial charge in [-0.15, -0.1) is 0 Å². The van der Waals surface area contributed by atoms with E-state index in [0.717, 1.165) is 12.8 Å². The fraction of sp³-hybridized carbons (Fsp3) is 0.478. The summed E-state index contributed by atoms with van der Waals surface area (Å²) >= 11 is 0. The van der Waals surface area contributed by atoms with Gasteiger partial charge in [-0.1, -0.05) is 0 Å². The Hall–Kier alpha value is -3.05. The molecule has 1 aromatic heterocycles. The lowest BCUT2D eigenvalue weighted by molar-refractivity contribution is -0.134. The van der Waals surface area contributed by atoms with E-state index in [1.54, 1.807) is 41.6 Å². The number of rotatable bonds is 4. The minimum atomic E-state index is -3.57. The van der Waals surface area contributed by atoms with Crippen LogP contribution in [0.25, 0.3) is 0 Å². The Morgan fingerprint density at radius 2 is 1.65 bits per heavy atom. The van der Waals surface area contributed by atoms with Gasteiger partial charge in [0.25, 0.3) is 0 Å². The molecular formula is C23H28N6O4S. The van der Waals surface area contributed by atoms with Crippen molar-refractivity contribution in [1.82, 2.24) is 19.2 Å². The maximum absolute atomic E-state index is 13.5. The third kappa shape index (κ3) is 4.03. The molecule has 180 valence electrons. The Labute approximate surface area is 199 Å². The number of aromatic nitrogens is 2. The van der Waals surface area contributed by atoms with Gasteiger partial charge in [-0.3, -0.25) is 14.5 Å². The molecule has 3 aliphatic heterocycles. The fourth-order valence-electron chi connectivity index (χ4n) is 5.04. The van der Waals surface area contributed by atoms with Crippen molar-refractivity contribution in [2.24, 2.45) is 0 Å². The Morgan fingerprint density at radius 1 is 0.971 bits per heavy atom. The van der Waals surface area contributed by atoms with Crippen LogP contribution < -0.4 is 9.80 Å². The first-order valence-corrected chi connectivity index (χ1v) is 13.0. The molecule has 1 atom stereocenters. The second-order valence-electron chi connectivity index (χ2n) is 8.87. The molecule has 11 heteroatoms. The molecule has 34 heavy (non-hydrogen) atoms. The summed E-state index contributed by atoms with van der Waals surface area (Å²) in [6, 6.07) is 5.94. The zero-order chi connectivity index (χ0) is 23.9. The van der Waals surface area contributed by atoms with E-state index in [4.69, 9.17) is 0 Å². The Bertz CT molecular complexity index is 1190. The Kier molecular flexibility index (Phi) is 5.98. The van der Waals surface area contributed by atoms with Crippen molar-refractivity contribution in [2.75, 3.05) is 49.1 Å². The number of carbonyl (C=O) groups excluding carboxylic acids is 2. The third-order valence-electron chi connectivity index (χ3n) is 6.79. The standard InChI is InChI=1S/C23H28N6O4S/c1-17(30)29-20-6-5-19(34(32,33)28-9-2-3-10-28)15-18(20)16-21(29)22(31)26-11-13-27(14-12-26)23-24-7-4-8-25-23/h4-8,15,21H,2-3,9-14,16H2,1H3. The average molecular weight is 485 g/mol. The van der Waals surface area contributed by atoms with Gasteiger partial charge in [0.2, 0.25) is 27.8 Å². The van der Waals surface area contributed by atoms with E-state index >= 15 is 0 Å². The van der Waals surface area contributed by atoms with Crippen molar-refractivity contribution in [2.45, 2.75) is 37.1 Å². The molecule has 2 saturated heterocycles. The monoisotopic (exact) mass is 484 g/mol. The number of anilines is 2. The second kappa shape index (κ2) is 8.95. The Morgan fingerprint density at radius 3 is 2.29 bits per heavy atom. The molecule has 0 radical (unpaired) electrons. The maximum atomic E-state index is 13.5. The van der Waals surface area contributed by atoms with Crippen LogP contribution in [0.1, 0.15) is 25.3 Å². The van der Waals surface area contributed by atoms with Gasteiger partial charge in [-0.05, 0) is 42.7 Å². The van der Waals surface area contributed by atoms with Gasteiger partial charge in [0.1, 0.15) is 6.04 Å². The normalized spacial score (nSPS) is 21.1. The topological polar surface area (TPSA) is 107 Å². The van der Waals surface area contributed by atoms with Crippen LogP contribution in [0.5, 0.6) is 0 Å². The zero-order valence-corrected chi connectivity index (χ0v) is 19.9. The number of hydrogen-bond donors (Lipinski definition) is 0. The molecule has 0 N–H and O–H groups in total. The quantitative estimate of drug-likeness (QED) is 0.634. The predicted octanol–water partition coefficient (Wildman–Crippen LogP) is 0.888. The lowest BCUT2D eigenvalue weighted by Gasteiger charge is -2.37. The summed E-state index contributed by atoms with van der Waals surface area (Å²) in [6.45, 7) is 4.71. The highest BCUT2D eigenvalue weighted by Gasteiger charge is 2.40. The maximum Gasteiger partial charge on any atom is 0.246 e. The Balaban J connectivity index is 1.33. The van der Waals surface area contributed by atoms with Gasteiger partial charge >= 0.3 is 0 Å². The van der Waals surface area contributed by atoms with Gasteiger partial charge < -0.3 is 9.80 Å².